The first-order valence-corrected chi connectivity index (χ1v) is 6.07. The fourth-order valence-electron chi connectivity index (χ4n) is 1.14. The minimum atomic E-state index is 0.579. The van der Waals surface area contributed by atoms with Gasteiger partial charge in [0, 0.05) is 6.54 Å². The van der Waals surface area contributed by atoms with Gasteiger partial charge >= 0.3 is 0 Å². The number of allylic oxidation sites excluding steroid dienone is 1. The standard InChI is InChI=1S/C11H16BrN3O/c1-3-5-6-7-16-11-9(12)10(13-4-2)14-8-15-11/h3,8H,1,4-7H2,2H3,(H,13,14,15). The van der Waals surface area contributed by atoms with Crippen molar-refractivity contribution in [3.05, 3.63) is 23.5 Å². The zero-order valence-electron chi connectivity index (χ0n) is 9.37. The minimum absolute atomic E-state index is 0.579. The summed E-state index contributed by atoms with van der Waals surface area (Å²) in [6.45, 7) is 7.12. The molecule has 1 aromatic rings. The summed E-state index contributed by atoms with van der Waals surface area (Å²) in [5.41, 5.74) is 0. The van der Waals surface area contributed by atoms with Gasteiger partial charge in [-0.3, -0.25) is 0 Å². The normalized spacial score (nSPS) is 9.88. The summed E-state index contributed by atoms with van der Waals surface area (Å²) in [4.78, 5) is 8.18. The lowest BCUT2D eigenvalue weighted by Gasteiger charge is -2.09. The summed E-state index contributed by atoms with van der Waals surface area (Å²) in [7, 11) is 0. The highest BCUT2D eigenvalue weighted by Gasteiger charge is 2.08. The lowest BCUT2D eigenvalue weighted by molar-refractivity contribution is 0.298. The van der Waals surface area contributed by atoms with Crippen molar-refractivity contribution < 1.29 is 4.74 Å². The van der Waals surface area contributed by atoms with Gasteiger partial charge in [0.25, 0.3) is 0 Å². The minimum Gasteiger partial charge on any atom is -0.477 e. The van der Waals surface area contributed by atoms with Crippen LogP contribution in [0, 0.1) is 0 Å². The molecule has 0 aliphatic carbocycles. The van der Waals surface area contributed by atoms with Gasteiger partial charge in [-0.05, 0) is 35.7 Å². The van der Waals surface area contributed by atoms with Gasteiger partial charge in [-0.15, -0.1) is 6.58 Å². The second-order valence-electron chi connectivity index (χ2n) is 3.15. The molecule has 5 heteroatoms. The number of aromatic nitrogens is 2. The van der Waals surface area contributed by atoms with Gasteiger partial charge in [0.1, 0.15) is 16.6 Å². The van der Waals surface area contributed by atoms with E-state index in [1.165, 1.54) is 6.33 Å². The summed E-state index contributed by atoms with van der Waals surface area (Å²) in [6, 6.07) is 0. The van der Waals surface area contributed by atoms with E-state index in [1.807, 2.05) is 13.0 Å². The van der Waals surface area contributed by atoms with Gasteiger partial charge in [0.2, 0.25) is 5.88 Å². The van der Waals surface area contributed by atoms with Crippen LogP contribution in [0.15, 0.2) is 23.5 Å². The van der Waals surface area contributed by atoms with Crippen molar-refractivity contribution in [3.8, 4) is 5.88 Å². The second kappa shape index (κ2) is 7.22. The topological polar surface area (TPSA) is 47.0 Å². The molecule has 0 atom stereocenters. The van der Waals surface area contributed by atoms with E-state index in [0.717, 1.165) is 29.7 Å². The van der Waals surface area contributed by atoms with Gasteiger partial charge in [-0.25, -0.2) is 9.97 Å². The fourth-order valence-corrected chi connectivity index (χ4v) is 1.60. The van der Waals surface area contributed by atoms with Crippen LogP contribution in [0.4, 0.5) is 5.82 Å². The Bertz CT molecular complexity index is 344. The summed E-state index contributed by atoms with van der Waals surface area (Å²) in [6.07, 6.45) is 5.26. The Morgan fingerprint density at radius 3 is 3.06 bits per heavy atom. The zero-order valence-corrected chi connectivity index (χ0v) is 11.0. The van der Waals surface area contributed by atoms with Crippen LogP contribution in [-0.4, -0.2) is 23.1 Å². The third-order valence-corrected chi connectivity index (χ3v) is 2.61. The van der Waals surface area contributed by atoms with Gasteiger partial charge in [0.05, 0.1) is 6.61 Å². The molecular weight excluding hydrogens is 270 g/mol. The first-order valence-electron chi connectivity index (χ1n) is 5.27. The zero-order chi connectivity index (χ0) is 11.8. The smallest absolute Gasteiger partial charge is 0.233 e. The number of hydrogen-bond donors (Lipinski definition) is 1. The summed E-state index contributed by atoms with van der Waals surface area (Å²) in [5.74, 6) is 1.34. The number of rotatable bonds is 7. The molecule has 0 aliphatic rings. The van der Waals surface area contributed by atoms with Gasteiger partial charge in [-0.2, -0.15) is 0 Å². The van der Waals surface area contributed by atoms with Crippen molar-refractivity contribution in [2.24, 2.45) is 0 Å². The van der Waals surface area contributed by atoms with E-state index in [4.69, 9.17) is 4.74 Å². The first-order chi connectivity index (χ1) is 7.79. The quantitative estimate of drug-likeness (QED) is 0.618. The highest BCUT2D eigenvalue weighted by atomic mass is 79.9. The average molecular weight is 286 g/mol. The van der Waals surface area contributed by atoms with E-state index in [9.17, 15) is 0 Å². The highest BCUT2D eigenvalue weighted by Crippen LogP contribution is 2.28. The number of ether oxygens (including phenoxy) is 1. The molecule has 1 heterocycles. The van der Waals surface area contributed by atoms with E-state index in [-0.39, 0.29) is 0 Å². The molecule has 88 valence electrons. The van der Waals surface area contributed by atoms with E-state index in [2.05, 4.69) is 37.8 Å². The second-order valence-corrected chi connectivity index (χ2v) is 3.94. The number of halogens is 1. The van der Waals surface area contributed by atoms with Crippen molar-refractivity contribution in [1.82, 2.24) is 9.97 Å². The number of nitrogens with one attached hydrogen (secondary N) is 1. The number of nitrogens with zero attached hydrogens (tertiary/aromatic N) is 2. The molecule has 0 saturated heterocycles. The van der Waals surface area contributed by atoms with Crippen LogP contribution in [-0.2, 0) is 0 Å². The maximum atomic E-state index is 5.54. The molecule has 0 unspecified atom stereocenters. The van der Waals surface area contributed by atoms with Crippen LogP contribution < -0.4 is 10.1 Å². The van der Waals surface area contributed by atoms with Gasteiger partial charge in [-0.1, -0.05) is 6.08 Å². The molecule has 4 nitrogen and oxygen atoms in total. The predicted molar refractivity (Wildman–Crippen MR) is 68.8 cm³/mol. The molecule has 0 saturated carbocycles. The van der Waals surface area contributed by atoms with Crippen molar-refractivity contribution in [2.45, 2.75) is 19.8 Å². The Kier molecular flexibility index (Phi) is 5.85. The predicted octanol–water partition coefficient (Wildman–Crippen LogP) is 3.02. The maximum Gasteiger partial charge on any atom is 0.233 e. The van der Waals surface area contributed by atoms with Crippen LogP contribution in [0.3, 0.4) is 0 Å². The fraction of sp³-hybridized carbons (Fsp3) is 0.455. The molecule has 0 spiro atoms. The average Bonchev–Trinajstić information content (AvgIpc) is 2.29. The molecule has 16 heavy (non-hydrogen) atoms. The lowest BCUT2D eigenvalue weighted by atomic mass is 10.3. The Morgan fingerprint density at radius 1 is 1.56 bits per heavy atom. The molecule has 1 N–H and O–H groups in total. The third-order valence-electron chi connectivity index (χ3n) is 1.89. The number of unbranched alkanes of at least 4 members (excludes halogenated alkanes) is 1. The van der Waals surface area contributed by atoms with E-state index < -0.39 is 0 Å². The molecule has 1 rings (SSSR count). The van der Waals surface area contributed by atoms with Crippen molar-refractivity contribution in [2.75, 3.05) is 18.5 Å². The molecule has 0 radical (unpaired) electrons. The molecular formula is C11H16BrN3O. The van der Waals surface area contributed by atoms with Crippen LogP contribution in [0.2, 0.25) is 0 Å². The largest absolute Gasteiger partial charge is 0.477 e. The molecule has 0 amide bonds. The van der Waals surface area contributed by atoms with Crippen LogP contribution >= 0.6 is 15.9 Å². The monoisotopic (exact) mass is 285 g/mol. The Hall–Kier alpha value is -1.10. The summed E-state index contributed by atoms with van der Waals surface area (Å²) in [5, 5.41) is 3.12. The molecule has 0 fully saturated rings. The van der Waals surface area contributed by atoms with Crippen LogP contribution in [0.25, 0.3) is 0 Å². The lowest BCUT2D eigenvalue weighted by Crippen LogP contribution is -2.04. The van der Waals surface area contributed by atoms with Crippen LogP contribution in [0.1, 0.15) is 19.8 Å². The van der Waals surface area contributed by atoms with Gasteiger partial charge in [0.15, 0.2) is 0 Å². The highest BCUT2D eigenvalue weighted by molar-refractivity contribution is 9.10. The SMILES string of the molecule is C=CCCCOc1ncnc(NCC)c1Br. The van der Waals surface area contributed by atoms with Crippen LogP contribution in [0.5, 0.6) is 5.88 Å². The number of anilines is 1. The summed E-state index contributed by atoms with van der Waals surface area (Å²) >= 11 is 3.42. The van der Waals surface area contributed by atoms with E-state index in [1.54, 1.807) is 0 Å². The van der Waals surface area contributed by atoms with Gasteiger partial charge < -0.3 is 10.1 Å². The molecule has 0 aromatic carbocycles. The molecule has 0 aliphatic heterocycles. The van der Waals surface area contributed by atoms with Crippen molar-refractivity contribution >= 4 is 21.7 Å². The first kappa shape index (κ1) is 13.0. The summed E-state index contributed by atoms with van der Waals surface area (Å²) < 4.78 is 6.31. The third kappa shape index (κ3) is 3.81. The Morgan fingerprint density at radius 2 is 2.38 bits per heavy atom. The Labute approximate surface area is 104 Å². The van der Waals surface area contributed by atoms with Crippen molar-refractivity contribution in [1.29, 1.82) is 0 Å². The molecule has 0 bridgehead atoms. The molecule has 1 aromatic heterocycles. The maximum absolute atomic E-state index is 5.54. The van der Waals surface area contributed by atoms with E-state index >= 15 is 0 Å². The van der Waals surface area contributed by atoms with Crippen molar-refractivity contribution in [3.63, 3.8) is 0 Å². The Balaban J connectivity index is 2.58. The van der Waals surface area contributed by atoms with E-state index in [0.29, 0.717) is 12.5 Å². The number of hydrogen-bond acceptors (Lipinski definition) is 4.